The summed E-state index contributed by atoms with van der Waals surface area (Å²) in [5.41, 5.74) is 2.61. The number of methoxy groups -OCH3 is 1. The lowest BCUT2D eigenvalue weighted by Crippen LogP contribution is -2.28. The molecule has 3 rings (SSSR count). The van der Waals surface area contributed by atoms with Crippen molar-refractivity contribution in [1.29, 1.82) is 0 Å². The summed E-state index contributed by atoms with van der Waals surface area (Å²) in [5, 5.41) is 3.03. The number of amides is 1. The van der Waals surface area contributed by atoms with E-state index in [1.165, 1.54) is 6.08 Å². The number of benzene rings is 2. The zero-order chi connectivity index (χ0) is 18.2. The molecule has 0 bridgehead atoms. The van der Waals surface area contributed by atoms with Crippen LogP contribution in [0, 0.1) is 0 Å². The molecule has 0 radical (unpaired) electrons. The number of para-hydroxylation sites is 1. The molecule has 2 aromatic carbocycles. The van der Waals surface area contributed by atoms with Gasteiger partial charge in [0.05, 0.1) is 18.8 Å². The number of rotatable bonds is 6. The Morgan fingerprint density at radius 2 is 1.73 bits per heavy atom. The van der Waals surface area contributed by atoms with E-state index in [9.17, 15) is 4.79 Å². The Kier molecular flexibility index (Phi) is 5.78. The zero-order valence-electron chi connectivity index (χ0n) is 14.5. The molecule has 0 aliphatic carbocycles. The average molecular weight is 344 g/mol. The lowest BCUT2D eigenvalue weighted by molar-refractivity contribution is -0.116. The van der Waals surface area contributed by atoms with Gasteiger partial charge in [-0.2, -0.15) is 0 Å². The second kappa shape index (κ2) is 8.62. The molecule has 0 aliphatic heterocycles. The molecule has 1 unspecified atom stereocenters. The minimum atomic E-state index is -0.313. The van der Waals surface area contributed by atoms with Crippen LogP contribution >= 0.6 is 0 Å². The standard InChI is InChI=1S/C22H20N2O2/c1-26-20-13-6-5-9-17(20)14-15-21(25)24-22(18-10-3-2-4-11-18)19-12-7-8-16-23-19/h2-16,22H,1H3,(H,24,25)/b15-14+. The van der Waals surface area contributed by atoms with Crippen molar-refractivity contribution in [3.8, 4) is 5.75 Å². The topological polar surface area (TPSA) is 51.2 Å². The summed E-state index contributed by atoms with van der Waals surface area (Å²) in [5.74, 6) is 0.524. The molecule has 0 saturated heterocycles. The molecule has 130 valence electrons. The van der Waals surface area contributed by atoms with Crippen molar-refractivity contribution in [2.45, 2.75) is 6.04 Å². The summed E-state index contributed by atoms with van der Waals surface area (Å²) in [6.07, 6.45) is 4.98. The Balaban J connectivity index is 1.81. The Hall–Kier alpha value is -3.40. The Labute approximate surface area is 153 Å². The van der Waals surface area contributed by atoms with Crippen molar-refractivity contribution in [3.63, 3.8) is 0 Å². The van der Waals surface area contributed by atoms with Crippen LogP contribution in [0.2, 0.25) is 0 Å². The SMILES string of the molecule is COc1ccccc1/C=C/C(=O)NC(c1ccccc1)c1ccccn1. The van der Waals surface area contributed by atoms with Crippen LogP contribution in [0.25, 0.3) is 6.08 Å². The molecule has 0 saturated carbocycles. The molecule has 0 aliphatic rings. The highest BCUT2D eigenvalue weighted by atomic mass is 16.5. The minimum absolute atomic E-state index is 0.199. The maximum absolute atomic E-state index is 12.5. The smallest absolute Gasteiger partial charge is 0.244 e. The maximum Gasteiger partial charge on any atom is 0.244 e. The molecule has 1 atom stereocenters. The predicted molar refractivity (Wildman–Crippen MR) is 103 cm³/mol. The minimum Gasteiger partial charge on any atom is -0.496 e. The van der Waals surface area contributed by atoms with Gasteiger partial charge in [0.25, 0.3) is 0 Å². The van der Waals surface area contributed by atoms with E-state index >= 15 is 0 Å². The van der Waals surface area contributed by atoms with Crippen LogP contribution in [0.15, 0.2) is 85.1 Å². The van der Waals surface area contributed by atoms with E-state index in [-0.39, 0.29) is 11.9 Å². The fourth-order valence-electron chi connectivity index (χ4n) is 2.68. The molecular formula is C22H20N2O2. The van der Waals surface area contributed by atoms with Crippen LogP contribution in [0.5, 0.6) is 5.75 Å². The van der Waals surface area contributed by atoms with Gasteiger partial charge >= 0.3 is 0 Å². The predicted octanol–water partition coefficient (Wildman–Crippen LogP) is 4.01. The molecule has 3 aromatic rings. The van der Waals surface area contributed by atoms with Crippen LogP contribution in [-0.2, 0) is 4.79 Å². The van der Waals surface area contributed by atoms with Gasteiger partial charge in [-0.05, 0) is 29.8 Å². The summed E-state index contributed by atoms with van der Waals surface area (Å²) < 4.78 is 5.30. The average Bonchev–Trinajstić information content (AvgIpc) is 2.72. The van der Waals surface area contributed by atoms with Crippen molar-refractivity contribution in [3.05, 3.63) is 102 Å². The van der Waals surface area contributed by atoms with Gasteiger partial charge in [-0.3, -0.25) is 9.78 Å². The van der Waals surface area contributed by atoms with Gasteiger partial charge in [0.15, 0.2) is 0 Å². The van der Waals surface area contributed by atoms with Crippen LogP contribution in [0.4, 0.5) is 0 Å². The first kappa shape index (κ1) is 17.4. The first-order valence-corrected chi connectivity index (χ1v) is 8.35. The van der Waals surface area contributed by atoms with E-state index in [0.717, 1.165) is 22.6 Å². The van der Waals surface area contributed by atoms with Crippen molar-refractivity contribution in [1.82, 2.24) is 10.3 Å². The van der Waals surface area contributed by atoms with E-state index in [0.29, 0.717) is 0 Å². The lowest BCUT2D eigenvalue weighted by atomic mass is 10.0. The molecule has 4 nitrogen and oxygen atoms in total. The Morgan fingerprint density at radius 3 is 2.46 bits per heavy atom. The fourth-order valence-corrected chi connectivity index (χ4v) is 2.68. The van der Waals surface area contributed by atoms with Crippen LogP contribution < -0.4 is 10.1 Å². The van der Waals surface area contributed by atoms with Crippen molar-refractivity contribution in [2.24, 2.45) is 0 Å². The maximum atomic E-state index is 12.5. The van der Waals surface area contributed by atoms with Crippen molar-refractivity contribution < 1.29 is 9.53 Å². The van der Waals surface area contributed by atoms with Crippen LogP contribution in [0.3, 0.4) is 0 Å². The zero-order valence-corrected chi connectivity index (χ0v) is 14.5. The second-order valence-electron chi connectivity index (χ2n) is 5.68. The molecule has 1 amide bonds. The molecule has 0 fully saturated rings. The number of carbonyl (C=O) groups is 1. The van der Waals surface area contributed by atoms with E-state index in [4.69, 9.17) is 4.74 Å². The Morgan fingerprint density at radius 1 is 1.00 bits per heavy atom. The van der Waals surface area contributed by atoms with Gasteiger partial charge < -0.3 is 10.1 Å². The van der Waals surface area contributed by atoms with E-state index < -0.39 is 0 Å². The number of ether oxygens (including phenoxy) is 1. The Bertz CT molecular complexity index is 837. The monoisotopic (exact) mass is 344 g/mol. The van der Waals surface area contributed by atoms with Crippen molar-refractivity contribution >= 4 is 12.0 Å². The van der Waals surface area contributed by atoms with Gasteiger partial charge in [-0.25, -0.2) is 0 Å². The molecule has 1 heterocycles. The third-order valence-electron chi connectivity index (χ3n) is 3.96. The molecule has 26 heavy (non-hydrogen) atoms. The second-order valence-corrected chi connectivity index (χ2v) is 5.68. The van der Waals surface area contributed by atoms with E-state index in [1.54, 1.807) is 19.4 Å². The number of carbonyl (C=O) groups excluding carboxylic acids is 1. The normalized spacial score (nSPS) is 11.9. The first-order chi connectivity index (χ1) is 12.8. The number of hydrogen-bond donors (Lipinski definition) is 1. The molecule has 4 heteroatoms. The van der Waals surface area contributed by atoms with Gasteiger partial charge in [0.2, 0.25) is 5.91 Å². The summed E-state index contributed by atoms with van der Waals surface area (Å²) in [7, 11) is 1.61. The largest absolute Gasteiger partial charge is 0.496 e. The lowest BCUT2D eigenvalue weighted by Gasteiger charge is -2.18. The molecule has 1 N–H and O–H groups in total. The molecular weight excluding hydrogens is 324 g/mol. The number of hydrogen-bond acceptors (Lipinski definition) is 3. The van der Waals surface area contributed by atoms with Gasteiger partial charge in [0.1, 0.15) is 5.75 Å². The molecule has 0 spiro atoms. The molecule has 1 aromatic heterocycles. The third kappa shape index (κ3) is 4.36. The first-order valence-electron chi connectivity index (χ1n) is 8.35. The number of pyridine rings is 1. The summed E-state index contributed by atoms with van der Waals surface area (Å²) >= 11 is 0. The van der Waals surface area contributed by atoms with E-state index in [1.807, 2.05) is 72.8 Å². The van der Waals surface area contributed by atoms with Crippen LogP contribution in [-0.4, -0.2) is 18.0 Å². The van der Waals surface area contributed by atoms with Gasteiger partial charge in [-0.1, -0.05) is 54.6 Å². The highest BCUT2D eigenvalue weighted by Crippen LogP contribution is 2.21. The highest BCUT2D eigenvalue weighted by molar-refractivity contribution is 5.92. The van der Waals surface area contributed by atoms with Crippen molar-refractivity contribution in [2.75, 3.05) is 7.11 Å². The summed E-state index contributed by atoms with van der Waals surface area (Å²) in [6, 6.07) is 22.7. The summed E-state index contributed by atoms with van der Waals surface area (Å²) in [4.78, 5) is 16.9. The number of nitrogens with one attached hydrogen (secondary N) is 1. The highest BCUT2D eigenvalue weighted by Gasteiger charge is 2.16. The van der Waals surface area contributed by atoms with E-state index in [2.05, 4.69) is 10.3 Å². The summed E-state index contributed by atoms with van der Waals surface area (Å²) in [6.45, 7) is 0. The third-order valence-corrected chi connectivity index (χ3v) is 3.96. The fraction of sp³-hybridized carbons (Fsp3) is 0.0909. The number of aromatic nitrogens is 1. The van der Waals surface area contributed by atoms with Gasteiger partial charge in [-0.15, -0.1) is 0 Å². The van der Waals surface area contributed by atoms with Gasteiger partial charge in [0, 0.05) is 17.8 Å². The number of nitrogens with zero attached hydrogens (tertiary/aromatic N) is 1. The van der Waals surface area contributed by atoms with Crippen LogP contribution in [0.1, 0.15) is 22.9 Å². The quantitative estimate of drug-likeness (QED) is 0.688.